The lowest BCUT2D eigenvalue weighted by atomic mass is 10.4. The minimum atomic E-state index is -1.00. The van der Waals surface area contributed by atoms with E-state index in [0.717, 1.165) is 5.01 Å². The van der Waals surface area contributed by atoms with Gasteiger partial charge >= 0.3 is 5.97 Å². The summed E-state index contributed by atoms with van der Waals surface area (Å²) in [4.78, 5) is 26.2. The van der Waals surface area contributed by atoms with Gasteiger partial charge in [-0.15, -0.1) is 16.4 Å². The minimum Gasteiger partial charge on any atom is -0.480 e. The van der Waals surface area contributed by atoms with Gasteiger partial charge in [-0.3, -0.25) is 9.59 Å². The van der Waals surface area contributed by atoms with Gasteiger partial charge in [-0.25, -0.2) is 9.67 Å². The summed E-state index contributed by atoms with van der Waals surface area (Å²) >= 11 is 1.40. The summed E-state index contributed by atoms with van der Waals surface area (Å²) in [6, 6.07) is 0. The number of nitrogens with one attached hydrogen (secondary N) is 1. The number of carbonyl (C=O) groups is 2. The van der Waals surface area contributed by atoms with Gasteiger partial charge in [0.05, 0.1) is 17.7 Å². The van der Waals surface area contributed by atoms with Crippen LogP contribution in [0.1, 0.15) is 21.2 Å². The quantitative estimate of drug-likeness (QED) is 0.801. The highest BCUT2D eigenvalue weighted by Gasteiger charge is 2.10. The molecule has 0 bridgehead atoms. The number of carboxylic acids is 1. The molecule has 0 saturated heterocycles. The van der Waals surface area contributed by atoms with Crippen molar-refractivity contribution in [3.05, 3.63) is 28.0 Å². The fourth-order valence-corrected chi connectivity index (χ4v) is 1.96. The molecule has 2 aromatic heterocycles. The van der Waals surface area contributed by atoms with Crippen LogP contribution in [0.2, 0.25) is 0 Å². The second kappa shape index (κ2) is 5.57. The summed E-state index contributed by atoms with van der Waals surface area (Å²) in [5.41, 5.74) is 0.849. The molecule has 0 aromatic carbocycles. The van der Waals surface area contributed by atoms with Crippen molar-refractivity contribution in [2.75, 3.05) is 0 Å². The molecule has 2 rings (SSSR count). The molecular weight excluding hydrogens is 270 g/mol. The smallest absolute Gasteiger partial charge is 0.325 e. The lowest BCUT2D eigenvalue weighted by Crippen LogP contribution is -2.23. The summed E-state index contributed by atoms with van der Waals surface area (Å²) in [6.07, 6.45) is 1.47. The molecule has 0 fully saturated rings. The number of rotatable bonds is 5. The van der Waals surface area contributed by atoms with Crippen molar-refractivity contribution in [3.8, 4) is 0 Å². The maximum absolute atomic E-state index is 11.7. The predicted octanol–water partition coefficient (Wildman–Crippen LogP) is 0.0576. The van der Waals surface area contributed by atoms with Gasteiger partial charge in [-0.2, -0.15) is 0 Å². The molecule has 1 amide bonds. The van der Waals surface area contributed by atoms with Crippen LogP contribution in [0.5, 0.6) is 0 Å². The number of amides is 1. The molecule has 0 spiro atoms. The zero-order valence-electron chi connectivity index (χ0n) is 10.0. The number of aliphatic carboxylic acids is 1. The summed E-state index contributed by atoms with van der Waals surface area (Å²) < 4.78 is 1.19. The lowest BCUT2D eigenvalue weighted by Gasteiger charge is -1.99. The summed E-state index contributed by atoms with van der Waals surface area (Å²) in [5, 5.41) is 21.1. The molecule has 2 N–H and O–H groups in total. The zero-order chi connectivity index (χ0) is 13.8. The number of carbonyl (C=O) groups excluding carboxylic acids is 1. The Morgan fingerprint density at radius 3 is 2.95 bits per heavy atom. The molecule has 0 radical (unpaired) electrons. The molecule has 0 aliphatic carbocycles. The van der Waals surface area contributed by atoms with Gasteiger partial charge in [0, 0.05) is 5.38 Å². The highest BCUT2D eigenvalue weighted by Crippen LogP contribution is 2.07. The Bertz CT molecular complexity index is 606. The van der Waals surface area contributed by atoms with Crippen molar-refractivity contribution in [1.29, 1.82) is 0 Å². The number of carboxylic acid groups (broad SMARTS) is 1. The topological polar surface area (TPSA) is 110 Å². The molecule has 100 valence electrons. The zero-order valence-corrected chi connectivity index (χ0v) is 10.8. The van der Waals surface area contributed by atoms with Crippen molar-refractivity contribution in [2.24, 2.45) is 0 Å². The Morgan fingerprint density at radius 1 is 1.53 bits per heavy atom. The molecule has 2 heterocycles. The standard InChI is InChI=1S/C10H11N5O3S/c1-6-12-8(5-19-6)10(18)11-2-7-3-15(14-13-7)4-9(16)17/h3,5H,2,4H2,1H3,(H,11,18)(H,16,17). The Balaban J connectivity index is 1.90. The van der Waals surface area contributed by atoms with E-state index in [-0.39, 0.29) is 19.0 Å². The second-order valence-corrected chi connectivity index (χ2v) is 4.80. The van der Waals surface area contributed by atoms with Crippen LogP contribution in [0.25, 0.3) is 0 Å². The molecule has 0 saturated carbocycles. The average Bonchev–Trinajstić information content (AvgIpc) is 2.94. The Kier molecular flexibility index (Phi) is 3.85. The monoisotopic (exact) mass is 281 g/mol. The molecule has 0 aliphatic heterocycles. The Labute approximate surface area is 112 Å². The van der Waals surface area contributed by atoms with Crippen LogP contribution >= 0.6 is 11.3 Å². The highest BCUT2D eigenvalue weighted by molar-refractivity contribution is 7.09. The van der Waals surface area contributed by atoms with Crippen LogP contribution in [-0.4, -0.2) is 37.0 Å². The largest absolute Gasteiger partial charge is 0.480 e. The molecule has 2 aromatic rings. The van der Waals surface area contributed by atoms with E-state index in [1.165, 1.54) is 22.2 Å². The van der Waals surface area contributed by atoms with E-state index in [1.54, 1.807) is 5.38 Å². The number of aromatic nitrogens is 4. The SMILES string of the molecule is Cc1nc(C(=O)NCc2cn(CC(=O)O)nn2)cs1. The first kappa shape index (κ1) is 13.1. The third kappa shape index (κ3) is 3.58. The van der Waals surface area contributed by atoms with Crippen LogP contribution in [-0.2, 0) is 17.9 Å². The van der Waals surface area contributed by atoms with Gasteiger partial charge in [0.1, 0.15) is 17.9 Å². The van der Waals surface area contributed by atoms with E-state index < -0.39 is 5.97 Å². The summed E-state index contributed by atoms with van der Waals surface area (Å²) in [6.45, 7) is 1.74. The first-order valence-electron chi connectivity index (χ1n) is 5.35. The molecular formula is C10H11N5O3S. The van der Waals surface area contributed by atoms with E-state index in [9.17, 15) is 9.59 Å². The van der Waals surface area contributed by atoms with Crippen molar-refractivity contribution in [3.63, 3.8) is 0 Å². The first-order valence-corrected chi connectivity index (χ1v) is 6.23. The number of thiazole rings is 1. The molecule has 9 heteroatoms. The fraction of sp³-hybridized carbons (Fsp3) is 0.300. The van der Waals surface area contributed by atoms with Gasteiger partial charge in [0.15, 0.2) is 0 Å². The minimum absolute atomic E-state index is 0.176. The van der Waals surface area contributed by atoms with Crippen LogP contribution < -0.4 is 5.32 Å². The second-order valence-electron chi connectivity index (χ2n) is 3.74. The van der Waals surface area contributed by atoms with Gasteiger partial charge in [-0.1, -0.05) is 5.21 Å². The first-order chi connectivity index (χ1) is 9.04. The van der Waals surface area contributed by atoms with Gasteiger partial charge in [0.2, 0.25) is 0 Å². The molecule has 8 nitrogen and oxygen atoms in total. The van der Waals surface area contributed by atoms with Crippen LogP contribution in [0.15, 0.2) is 11.6 Å². The van der Waals surface area contributed by atoms with Gasteiger partial charge in [0.25, 0.3) is 5.91 Å². The lowest BCUT2D eigenvalue weighted by molar-refractivity contribution is -0.137. The van der Waals surface area contributed by atoms with Crippen molar-refractivity contribution < 1.29 is 14.7 Å². The Morgan fingerprint density at radius 2 is 2.32 bits per heavy atom. The van der Waals surface area contributed by atoms with Crippen molar-refractivity contribution in [2.45, 2.75) is 20.0 Å². The maximum Gasteiger partial charge on any atom is 0.325 e. The summed E-state index contributed by atoms with van der Waals surface area (Å²) in [7, 11) is 0. The highest BCUT2D eigenvalue weighted by atomic mass is 32.1. The molecule has 0 aliphatic rings. The fourth-order valence-electron chi connectivity index (χ4n) is 1.36. The number of hydrogen-bond donors (Lipinski definition) is 2. The van der Waals surface area contributed by atoms with Gasteiger partial charge in [-0.05, 0) is 6.92 Å². The van der Waals surface area contributed by atoms with Crippen LogP contribution in [0.4, 0.5) is 0 Å². The molecule has 19 heavy (non-hydrogen) atoms. The van der Waals surface area contributed by atoms with Crippen LogP contribution in [0.3, 0.4) is 0 Å². The van der Waals surface area contributed by atoms with Crippen molar-refractivity contribution in [1.82, 2.24) is 25.3 Å². The molecule has 0 atom stereocenters. The van der Waals surface area contributed by atoms with Gasteiger partial charge < -0.3 is 10.4 Å². The Hall–Kier alpha value is -2.29. The van der Waals surface area contributed by atoms with Crippen LogP contribution in [0, 0.1) is 6.92 Å². The van der Waals surface area contributed by atoms with E-state index in [2.05, 4.69) is 20.6 Å². The number of hydrogen-bond acceptors (Lipinski definition) is 6. The number of nitrogens with zero attached hydrogens (tertiary/aromatic N) is 4. The summed E-state index contributed by atoms with van der Waals surface area (Å²) in [5.74, 6) is -1.30. The number of aryl methyl sites for hydroxylation is 1. The average molecular weight is 281 g/mol. The third-order valence-electron chi connectivity index (χ3n) is 2.17. The normalized spacial score (nSPS) is 10.4. The predicted molar refractivity (Wildman–Crippen MR) is 65.7 cm³/mol. The van der Waals surface area contributed by atoms with Crippen molar-refractivity contribution >= 4 is 23.2 Å². The van der Waals surface area contributed by atoms with E-state index in [4.69, 9.17) is 5.11 Å². The van der Waals surface area contributed by atoms with E-state index in [1.807, 2.05) is 6.92 Å². The van der Waals surface area contributed by atoms with E-state index >= 15 is 0 Å². The van der Waals surface area contributed by atoms with E-state index in [0.29, 0.717) is 11.4 Å². The third-order valence-corrected chi connectivity index (χ3v) is 2.94. The molecule has 0 unspecified atom stereocenters. The maximum atomic E-state index is 11.7.